The summed E-state index contributed by atoms with van der Waals surface area (Å²) in [7, 11) is 0. The molecule has 6 nitrogen and oxygen atoms in total. The van der Waals surface area contributed by atoms with Crippen molar-refractivity contribution in [3.05, 3.63) is 33.9 Å². The Morgan fingerprint density at radius 2 is 2.17 bits per heavy atom. The lowest BCUT2D eigenvalue weighted by Gasteiger charge is -2.40. The molecule has 1 aliphatic carbocycles. The van der Waals surface area contributed by atoms with Crippen molar-refractivity contribution >= 4 is 23.1 Å². The van der Waals surface area contributed by atoms with Crippen LogP contribution in [-0.2, 0) is 12.8 Å². The lowest BCUT2D eigenvalue weighted by molar-refractivity contribution is 0.0940. The highest BCUT2D eigenvalue weighted by molar-refractivity contribution is 7.07. The second kappa shape index (κ2) is 6.23. The average molecular weight is 329 g/mol. The van der Waals surface area contributed by atoms with Crippen molar-refractivity contribution in [2.75, 3.05) is 24.5 Å². The summed E-state index contributed by atoms with van der Waals surface area (Å²) >= 11 is 1.44. The van der Waals surface area contributed by atoms with Crippen molar-refractivity contribution in [2.45, 2.75) is 25.7 Å². The number of hydrogen-bond acceptors (Lipinski definition) is 6. The van der Waals surface area contributed by atoms with Crippen LogP contribution in [-0.4, -0.2) is 40.7 Å². The minimum atomic E-state index is -0.0849. The molecule has 1 fully saturated rings. The van der Waals surface area contributed by atoms with E-state index in [2.05, 4.69) is 31.5 Å². The number of thiazole rings is 1. The van der Waals surface area contributed by atoms with Crippen LogP contribution < -0.4 is 10.2 Å². The first-order valence-corrected chi connectivity index (χ1v) is 9.00. The third kappa shape index (κ3) is 3.06. The van der Waals surface area contributed by atoms with Gasteiger partial charge in [-0.2, -0.15) is 5.10 Å². The molecule has 0 saturated carbocycles. The molecule has 3 heterocycles. The number of amides is 1. The highest BCUT2D eigenvalue weighted by atomic mass is 32.1. The second-order valence-electron chi connectivity index (χ2n) is 6.24. The molecule has 0 atom stereocenters. The molecule has 2 aromatic rings. The molecule has 0 bridgehead atoms. The number of aromatic nitrogens is 3. The quantitative estimate of drug-likeness (QED) is 0.924. The smallest absolute Gasteiger partial charge is 0.270 e. The molecule has 0 aromatic carbocycles. The first-order chi connectivity index (χ1) is 11.3. The zero-order valence-corrected chi connectivity index (χ0v) is 13.7. The van der Waals surface area contributed by atoms with Crippen LogP contribution in [0.4, 0.5) is 5.82 Å². The Bertz CT molecular complexity index is 697. The fourth-order valence-electron chi connectivity index (χ4n) is 3.17. The number of aryl methyl sites for hydroxylation is 2. The van der Waals surface area contributed by atoms with Gasteiger partial charge in [-0.3, -0.25) is 4.79 Å². The fraction of sp³-hybridized carbons (Fsp3) is 0.500. The molecular formula is C16H19N5OS. The molecular weight excluding hydrogens is 310 g/mol. The number of rotatable bonds is 4. The van der Waals surface area contributed by atoms with Gasteiger partial charge >= 0.3 is 0 Å². The Hall–Kier alpha value is -2.02. The van der Waals surface area contributed by atoms with E-state index in [0.29, 0.717) is 18.2 Å². The van der Waals surface area contributed by atoms with Gasteiger partial charge in [0.05, 0.1) is 11.2 Å². The van der Waals surface area contributed by atoms with Gasteiger partial charge in [-0.05, 0) is 37.3 Å². The predicted molar refractivity (Wildman–Crippen MR) is 88.8 cm³/mol. The van der Waals surface area contributed by atoms with Crippen molar-refractivity contribution in [1.29, 1.82) is 0 Å². The summed E-state index contributed by atoms with van der Waals surface area (Å²) in [6.07, 6.45) is 4.67. The zero-order chi connectivity index (χ0) is 15.6. The van der Waals surface area contributed by atoms with Gasteiger partial charge in [-0.15, -0.1) is 16.4 Å². The molecule has 23 heavy (non-hydrogen) atoms. The van der Waals surface area contributed by atoms with E-state index in [1.807, 2.05) is 0 Å². The summed E-state index contributed by atoms with van der Waals surface area (Å²) in [5, 5.41) is 13.5. The summed E-state index contributed by atoms with van der Waals surface area (Å²) in [5.41, 5.74) is 4.72. The van der Waals surface area contributed by atoms with Crippen LogP contribution >= 0.6 is 11.3 Å². The van der Waals surface area contributed by atoms with Crippen LogP contribution in [0, 0.1) is 5.92 Å². The largest absolute Gasteiger partial charge is 0.354 e. The number of nitrogens with zero attached hydrogens (tertiary/aromatic N) is 4. The van der Waals surface area contributed by atoms with Crippen LogP contribution in [0.5, 0.6) is 0 Å². The van der Waals surface area contributed by atoms with Crippen LogP contribution in [0.3, 0.4) is 0 Å². The summed E-state index contributed by atoms with van der Waals surface area (Å²) < 4.78 is 0. The van der Waals surface area contributed by atoms with E-state index in [0.717, 1.165) is 31.7 Å². The first kappa shape index (κ1) is 14.6. The van der Waals surface area contributed by atoms with Crippen molar-refractivity contribution < 1.29 is 4.79 Å². The summed E-state index contributed by atoms with van der Waals surface area (Å²) in [5.74, 6) is 1.36. The van der Waals surface area contributed by atoms with Gasteiger partial charge in [0.1, 0.15) is 5.69 Å². The minimum absolute atomic E-state index is 0.0849. The Balaban J connectivity index is 1.29. The molecule has 0 spiro atoms. The lowest BCUT2D eigenvalue weighted by atomic mass is 9.95. The minimum Gasteiger partial charge on any atom is -0.354 e. The van der Waals surface area contributed by atoms with Gasteiger partial charge in [0, 0.05) is 30.9 Å². The molecule has 0 radical (unpaired) electrons. The molecule has 0 unspecified atom stereocenters. The van der Waals surface area contributed by atoms with Crippen LogP contribution in [0.1, 0.15) is 34.6 Å². The number of nitrogens with one attached hydrogen (secondary N) is 1. The molecule has 1 saturated heterocycles. The van der Waals surface area contributed by atoms with Crippen molar-refractivity contribution in [2.24, 2.45) is 5.92 Å². The first-order valence-electron chi connectivity index (χ1n) is 8.06. The Morgan fingerprint density at radius 1 is 1.30 bits per heavy atom. The van der Waals surface area contributed by atoms with E-state index in [1.54, 1.807) is 10.9 Å². The van der Waals surface area contributed by atoms with E-state index in [1.165, 1.54) is 35.4 Å². The highest BCUT2D eigenvalue weighted by Crippen LogP contribution is 2.26. The third-order valence-electron chi connectivity index (χ3n) is 4.55. The second-order valence-corrected chi connectivity index (χ2v) is 6.95. The van der Waals surface area contributed by atoms with Gasteiger partial charge in [0.25, 0.3) is 5.91 Å². The third-order valence-corrected chi connectivity index (χ3v) is 5.14. The van der Waals surface area contributed by atoms with Crippen LogP contribution in [0.2, 0.25) is 0 Å². The maximum absolute atomic E-state index is 11.9. The monoisotopic (exact) mass is 329 g/mol. The topological polar surface area (TPSA) is 71.0 Å². The molecule has 120 valence electrons. The maximum atomic E-state index is 11.9. The Morgan fingerprint density at radius 3 is 3.00 bits per heavy atom. The van der Waals surface area contributed by atoms with Crippen LogP contribution in [0.15, 0.2) is 17.0 Å². The fourth-order valence-corrected chi connectivity index (χ4v) is 3.70. The normalized spacial score (nSPS) is 17.5. The number of fused-ring (bicyclic) bond motifs is 1. The molecule has 4 rings (SSSR count). The predicted octanol–water partition coefficient (Wildman–Crippen LogP) is 1.68. The molecule has 7 heteroatoms. The average Bonchev–Trinajstić information content (AvgIpc) is 3.07. The highest BCUT2D eigenvalue weighted by Gasteiger charge is 2.29. The molecule has 2 aromatic heterocycles. The number of hydrogen-bond donors (Lipinski definition) is 1. The van der Waals surface area contributed by atoms with Crippen molar-refractivity contribution in [3.8, 4) is 0 Å². The van der Waals surface area contributed by atoms with Gasteiger partial charge in [-0.25, -0.2) is 4.98 Å². The van der Waals surface area contributed by atoms with Gasteiger partial charge in [0.15, 0.2) is 5.82 Å². The van der Waals surface area contributed by atoms with Crippen molar-refractivity contribution in [3.63, 3.8) is 0 Å². The zero-order valence-electron chi connectivity index (χ0n) is 12.9. The van der Waals surface area contributed by atoms with E-state index in [4.69, 9.17) is 0 Å². The van der Waals surface area contributed by atoms with E-state index in [-0.39, 0.29) is 5.91 Å². The van der Waals surface area contributed by atoms with Crippen molar-refractivity contribution in [1.82, 2.24) is 20.5 Å². The number of carbonyl (C=O) groups excluding carboxylic acids is 1. The Kier molecular flexibility index (Phi) is 3.95. The molecule has 1 N–H and O–H groups in total. The van der Waals surface area contributed by atoms with Gasteiger partial charge in [-0.1, -0.05) is 0 Å². The Labute approximate surface area is 139 Å². The number of anilines is 1. The lowest BCUT2D eigenvalue weighted by Crippen LogP contribution is -2.52. The van der Waals surface area contributed by atoms with Gasteiger partial charge in [0.2, 0.25) is 0 Å². The van der Waals surface area contributed by atoms with Gasteiger partial charge < -0.3 is 10.2 Å². The van der Waals surface area contributed by atoms with E-state index >= 15 is 0 Å². The summed E-state index contributed by atoms with van der Waals surface area (Å²) in [6.45, 7) is 2.53. The van der Waals surface area contributed by atoms with E-state index in [9.17, 15) is 4.79 Å². The molecule has 2 aliphatic rings. The summed E-state index contributed by atoms with van der Waals surface area (Å²) in [6, 6.07) is 2.20. The SMILES string of the molecule is O=C(NCC1CN(c2cc3c(nn2)CCCC3)C1)c1cscn1. The van der Waals surface area contributed by atoms with Crippen LogP contribution in [0.25, 0.3) is 0 Å². The molecule has 1 aliphatic heterocycles. The van der Waals surface area contributed by atoms with E-state index < -0.39 is 0 Å². The maximum Gasteiger partial charge on any atom is 0.270 e. The standard InChI is InChI=1S/C16H19N5OS/c22-16(14-9-23-10-18-14)17-6-11-7-21(8-11)15-5-12-3-1-2-4-13(12)19-20-15/h5,9-11H,1-4,6-8H2,(H,17,22). The molecule has 1 amide bonds. The number of carbonyl (C=O) groups is 1. The summed E-state index contributed by atoms with van der Waals surface area (Å²) in [4.78, 5) is 18.1.